The molecule has 1 aliphatic rings. The van der Waals surface area contributed by atoms with Gasteiger partial charge in [0.1, 0.15) is 11.1 Å². The van der Waals surface area contributed by atoms with Gasteiger partial charge in [-0.15, -0.1) is 11.8 Å². The molecule has 3 aromatic rings. The summed E-state index contributed by atoms with van der Waals surface area (Å²) in [5.74, 6) is 1.37. The number of nitrogens with zero attached hydrogens (tertiary/aromatic N) is 2. The van der Waals surface area contributed by atoms with Crippen LogP contribution in [-0.2, 0) is 17.8 Å². The summed E-state index contributed by atoms with van der Waals surface area (Å²) >= 11 is 1.64. The molecule has 0 spiro atoms. The summed E-state index contributed by atoms with van der Waals surface area (Å²) in [4.78, 5) is 29.1. The SMILES string of the molecule is COc1ccccc1CN(C)C(=O)c1ccc([C@@H]2SCC(=O)N2CCc2ccccc2)cc1. The van der Waals surface area contributed by atoms with Gasteiger partial charge < -0.3 is 14.5 Å². The Balaban J connectivity index is 1.42. The van der Waals surface area contributed by atoms with Crippen molar-refractivity contribution in [2.24, 2.45) is 0 Å². The van der Waals surface area contributed by atoms with E-state index < -0.39 is 0 Å². The van der Waals surface area contributed by atoms with Crippen LogP contribution in [0.1, 0.15) is 32.4 Å². The number of hydrogen-bond acceptors (Lipinski definition) is 4. The van der Waals surface area contributed by atoms with Gasteiger partial charge in [0.25, 0.3) is 5.91 Å². The normalized spacial score (nSPS) is 15.5. The Hall–Kier alpha value is -3.25. The van der Waals surface area contributed by atoms with E-state index in [1.807, 2.05) is 71.6 Å². The number of ether oxygens (including phenoxy) is 1. The molecule has 170 valence electrons. The molecule has 1 atom stereocenters. The number of methoxy groups -OCH3 is 1. The fourth-order valence-corrected chi connectivity index (χ4v) is 5.26. The first-order chi connectivity index (χ1) is 16.1. The van der Waals surface area contributed by atoms with Crippen LogP contribution in [0.4, 0.5) is 0 Å². The molecule has 0 unspecified atom stereocenters. The fourth-order valence-electron chi connectivity index (χ4n) is 4.04. The van der Waals surface area contributed by atoms with E-state index in [1.165, 1.54) is 5.56 Å². The zero-order valence-corrected chi connectivity index (χ0v) is 19.8. The van der Waals surface area contributed by atoms with Gasteiger partial charge in [-0.2, -0.15) is 0 Å². The lowest BCUT2D eigenvalue weighted by Gasteiger charge is -2.25. The number of hydrogen-bond donors (Lipinski definition) is 0. The van der Waals surface area contributed by atoms with E-state index in [9.17, 15) is 9.59 Å². The van der Waals surface area contributed by atoms with Crippen molar-refractivity contribution in [2.75, 3.05) is 26.5 Å². The lowest BCUT2D eigenvalue weighted by atomic mass is 10.1. The molecule has 0 aliphatic carbocycles. The van der Waals surface area contributed by atoms with Crippen LogP contribution < -0.4 is 4.74 Å². The quantitative estimate of drug-likeness (QED) is 0.485. The predicted molar refractivity (Wildman–Crippen MR) is 132 cm³/mol. The van der Waals surface area contributed by atoms with Gasteiger partial charge in [-0.3, -0.25) is 9.59 Å². The van der Waals surface area contributed by atoms with Gasteiger partial charge in [-0.05, 0) is 35.7 Å². The lowest BCUT2D eigenvalue weighted by Crippen LogP contribution is -2.30. The predicted octanol–water partition coefficient (Wildman–Crippen LogP) is 4.78. The number of rotatable bonds is 8. The summed E-state index contributed by atoms with van der Waals surface area (Å²) in [5, 5.41) is -0.0170. The summed E-state index contributed by atoms with van der Waals surface area (Å²) in [6, 6.07) is 25.6. The van der Waals surface area contributed by atoms with E-state index >= 15 is 0 Å². The van der Waals surface area contributed by atoms with Gasteiger partial charge in [0.05, 0.1) is 12.9 Å². The minimum atomic E-state index is -0.0523. The Labute approximate surface area is 199 Å². The van der Waals surface area contributed by atoms with E-state index in [0.29, 0.717) is 24.4 Å². The van der Waals surface area contributed by atoms with E-state index in [4.69, 9.17) is 4.74 Å². The Morgan fingerprint density at radius 1 is 1.03 bits per heavy atom. The molecule has 1 aliphatic heterocycles. The first-order valence-electron chi connectivity index (χ1n) is 11.0. The number of benzene rings is 3. The second-order valence-corrected chi connectivity index (χ2v) is 9.15. The molecule has 3 aromatic carbocycles. The van der Waals surface area contributed by atoms with E-state index in [0.717, 1.165) is 23.3 Å². The maximum atomic E-state index is 13.0. The molecule has 1 fully saturated rings. The Kier molecular flexibility index (Phi) is 7.35. The van der Waals surface area contributed by atoms with Gasteiger partial charge >= 0.3 is 0 Å². The Morgan fingerprint density at radius 3 is 2.45 bits per heavy atom. The smallest absolute Gasteiger partial charge is 0.253 e. The number of thioether (sulfide) groups is 1. The molecule has 5 nitrogen and oxygen atoms in total. The fraction of sp³-hybridized carbons (Fsp3) is 0.259. The molecule has 0 radical (unpaired) electrons. The third-order valence-corrected chi connectivity index (χ3v) is 7.10. The second kappa shape index (κ2) is 10.6. The highest BCUT2D eigenvalue weighted by molar-refractivity contribution is 8.00. The third-order valence-electron chi connectivity index (χ3n) is 5.84. The average molecular weight is 461 g/mol. The minimum absolute atomic E-state index is 0.0170. The van der Waals surface area contributed by atoms with Crippen molar-refractivity contribution in [1.29, 1.82) is 0 Å². The average Bonchev–Trinajstić information content (AvgIpc) is 3.23. The summed E-state index contributed by atoms with van der Waals surface area (Å²) in [7, 11) is 3.42. The van der Waals surface area contributed by atoms with Gasteiger partial charge in [-0.1, -0.05) is 60.7 Å². The van der Waals surface area contributed by atoms with Crippen molar-refractivity contribution in [3.8, 4) is 5.75 Å². The monoisotopic (exact) mass is 460 g/mol. The standard InChI is InChI=1S/C27H28N2O3S/c1-28(18-23-10-6-7-11-24(23)32-2)26(31)21-12-14-22(15-13-21)27-29(25(30)19-33-27)17-16-20-8-4-3-5-9-20/h3-15,27H,16-19H2,1-2H3/t27-/m0/s1. The van der Waals surface area contributed by atoms with E-state index in [-0.39, 0.29) is 17.2 Å². The number of carbonyl (C=O) groups is 2. The molecule has 0 N–H and O–H groups in total. The van der Waals surface area contributed by atoms with Crippen LogP contribution in [0, 0.1) is 0 Å². The zero-order chi connectivity index (χ0) is 23.2. The number of carbonyl (C=O) groups excluding carboxylic acids is 2. The van der Waals surface area contributed by atoms with Crippen molar-refractivity contribution in [1.82, 2.24) is 9.80 Å². The zero-order valence-electron chi connectivity index (χ0n) is 18.9. The molecule has 0 saturated carbocycles. The second-order valence-electron chi connectivity index (χ2n) is 8.08. The summed E-state index contributed by atoms with van der Waals surface area (Å²) in [6.45, 7) is 1.15. The van der Waals surface area contributed by atoms with Crippen LogP contribution in [0.15, 0.2) is 78.9 Å². The van der Waals surface area contributed by atoms with Crippen LogP contribution in [0.3, 0.4) is 0 Å². The van der Waals surface area contributed by atoms with Crippen molar-refractivity contribution < 1.29 is 14.3 Å². The minimum Gasteiger partial charge on any atom is -0.496 e. The molecule has 4 rings (SSSR count). The highest BCUT2D eigenvalue weighted by Gasteiger charge is 2.32. The maximum Gasteiger partial charge on any atom is 0.253 e. The van der Waals surface area contributed by atoms with E-state index in [2.05, 4.69) is 12.1 Å². The Bertz CT molecular complexity index is 1100. The van der Waals surface area contributed by atoms with Crippen LogP contribution in [-0.4, -0.2) is 48.1 Å². The number of amides is 2. The van der Waals surface area contributed by atoms with Crippen LogP contribution in [0.25, 0.3) is 0 Å². The largest absolute Gasteiger partial charge is 0.496 e. The van der Waals surface area contributed by atoms with Gasteiger partial charge in [0.2, 0.25) is 5.91 Å². The molecule has 33 heavy (non-hydrogen) atoms. The molecule has 0 aromatic heterocycles. The van der Waals surface area contributed by atoms with Crippen LogP contribution >= 0.6 is 11.8 Å². The molecule has 1 heterocycles. The lowest BCUT2D eigenvalue weighted by molar-refractivity contribution is -0.128. The summed E-state index contributed by atoms with van der Waals surface area (Å²) in [5.41, 5.74) is 3.85. The topological polar surface area (TPSA) is 49.9 Å². The summed E-state index contributed by atoms with van der Waals surface area (Å²) in [6.07, 6.45) is 0.827. The first kappa shape index (κ1) is 22.9. The van der Waals surface area contributed by atoms with Crippen LogP contribution in [0.2, 0.25) is 0 Å². The van der Waals surface area contributed by atoms with E-state index in [1.54, 1.807) is 30.8 Å². The Morgan fingerprint density at radius 2 is 1.73 bits per heavy atom. The molecular formula is C27H28N2O3S. The molecule has 2 amide bonds. The maximum absolute atomic E-state index is 13.0. The molecular weight excluding hydrogens is 432 g/mol. The molecule has 1 saturated heterocycles. The van der Waals surface area contributed by atoms with Crippen LogP contribution in [0.5, 0.6) is 5.75 Å². The highest BCUT2D eigenvalue weighted by Crippen LogP contribution is 2.38. The van der Waals surface area contributed by atoms with Crippen molar-refractivity contribution in [2.45, 2.75) is 18.3 Å². The van der Waals surface area contributed by atoms with Crippen molar-refractivity contribution >= 4 is 23.6 Å². The van der Waals surface area contributed by atoms with Gasteiger partial charge in [-0.25, -0.2) is 0 Å². The van der Waals surface area contributed by atoms with Gasteiger partial charge in [0.15, 0.2) is 0 Å². The van der Waals surface area contributed by atoms with Crippen molar-refractivity contribution in [3.63, 3.8) is 0 Å². The molecule has 0 bridgehead atoms. The highest BCUT2D eigenvalue weighted by atomic mass is 32.2. The summed E-state index contributed by atoms with van der Waals surface area (Å²) < 4.78 is 5.40. The third kappa shape index (κ3) is 5.40. The molecule has 6 heteroatoms. The van der Waals surface area contributed by atoms with Gasteiger partial charge in [0, 0.05) is 31.3 Å². The van der Waals surface area contributed by atoms with Crippen molar-refractivity contribution in [3.05, 3.63) is 101 Å². The number of para-hydroxylation sites is 1. The first-order valence-corrected chi connectivity index (χ1v) is 12.0.